The molecule has 1 aromatic rings. The quantitative estimate of drug-likeness (QED) is 0.679. The van der Waals surface area contributed by atoms with Gasteiger partial charge in [0.05, 0.1) is 5.69 Å². The fourth-order valence-electron chi connectivity index (χ4n) is 1.65. The second-order valence-electron chi connectivity index (χ2n) is 3.00. The molecule has 1 aliphatic rings. The third-order valence-corrected chi connectivity index (χ3v) is 3.28. The molecule has 2 heterocycles. The second kappa shape index (κ2) is 3.43. The van der Waals surface area contributed by atoms with E-state index in [-0.39, 0.29) is 0 Å². The smallest absolute Gasteiger partial charge is 0.166 e. The highest BCUT2D eigenvalue weighted by Crippen LogP contribution is 2.26. The molecule has 0 N–H and O–H groups in total. The van der Waals surface area contributed by atoms with E-state index in [2.05, 4.69) is 18.1 Å². The lowest BCUT2D eigenvalue weighted by molar-refractivity contribution is 0.633. The highest BCUT2D eigenvalue weighted by molar-refractivity contribution is 7.98. The zero-order valence-electron chi connectivity index (χ0n) is 7.58. The second-order valence-corrected chi connectivity index (χ2v) is 4.11. The molecule has 0 atom stereocenters. The maximum absolute atomic E-state index is 8.87. The van der Waals surface area contributed by atoms with Crippen LogP contribution in [0.5, 0.6) is 0 Å². The molecule has 4 heteroatoms. The van der Waals surface area contributed by atoms with Crippen LogP contribution >= 0.6 is 11.8 Å². The summed E-state index contributed by atoms with van der Waals surface area (Å²) in [6.07, 6.45) is 1.00. The fraction of sp³-hybridized carbons (Fsp3) is 0.556. The van der Waals surface area contributed by atoms with Gasteiger partial charge in [-0.25, -0.2) is 0 Å². The Hall–Kier alpha value is -0.950. The van der Waals surface area contributed by atoms with Crippen molar-refractivity contribution < 1.29 is 0 Å². The molecule has 2 rings (SSSR count). The molecule has 1 aromatic heterocycles. The van der Waals surface area contributed by atoms with E-state index >= 15 is 0 Å². The molecule has 68 valence electrons. The summed E-state index contributed by atoms with van der Waals surface area (Å²) in [6, 6.07) is 2.17. The van der Waals surface area contributed by atoms with Gasteiger partial charge in [-0.2, -0.15) is 22.1 Å². The Bertz CT molecular complexity index is 362. The SMILES string of the molecule is CCn1nc(C#N)c2c1CSCC2. The minimum absolute atomic E-state index is 0.636. The lowest BCUT2D eigenvalue weighted by Gasteiger charge is -2.12. The van der Waals surface area contributed by atoms with Gasteiger partial charge in [0.15, 0.2) is 5.69 Å². The summed E-state index contributed by atoms with van der Waals surface area (Å²) in [5.74, 6) is 2.13. The molecule has 0 saturated heterocycles. The van der Waals surface area contributed by atoms with Crippen LogP contribution in [0.3, 0.4) is 0 Å². The first-order valence-electron chi connectivity index (χ1n) is 4.43. The van der Waals surface area contributed by atoms with Crippen molar-refractivity contribution in [1.29, 1.82) is 5.26 Å². The van der Waals surface area contributed by atoms with Gasteiger partial charge in [0.25, 0.3) is 0 Å². The van der Waals surface area contributed by atoms with Crippen LogP contribution in [0.15, 0.2) is 0 Å². The average Bonchev–Trinajstić information content (AvgIpc) is 2.56. The molecular weight excluding hydrogens is 182 g/mol. The van der Waals surface area contributed by atoms with Crippen LogP contribution in [0.2, 0.25) is 0 Å². The largest absolute Gasteiger partial charge is 0.267 e. The predicted molar refractivity (Wildman–Crippen MR) is 52.5 cm³/mol. The summed E-state index contributed by atoms with van der Waals surface area (Å²) >= 11 is 1.92. The number of rotatable bonds is 1. The number of nitriles is 1. The first-order chi connectivity index (χ1) is 6.36. The van der Waals surface area contributed by atoms with Crippen molar-refractivity contribution in [3.8, 4) is 6.07 Å². The van der Waals surface area contributed by atoms with E-state index in [1.54, 1.807) is 0 Å². The molecular formula is C9H11N3S. The molecule has 1 aliphatic heterocycles. The Morgan fingerprint density at radius 2 is 2.54 bits per heavy atom. The molecule has 0 saturated carbocycles. The molecule has 0 fully saturated rings. The Balaban J connectivity index is 2.52. The van der Waals surface area contributed by atoms with Gasteiger partial charge in [-0.05, 0) is 19.1 Å². The standard InChI is InChI=1S/C9H11N3S/c1-2-12-9-6-13-4-3-7(9)8(5-10)11-12/h2-4,6H2,1H3. The van der Waals surface area contributed by atoms with Crippen LogP contribution in [-0.4, -0.2) is 15.5 Å². The number of aryl methyl sites for hydroxylation is 1. The molecule has 0 bridgehead atoms. The third kappa shape index (κ3) is 1.33. The topological polar surface area (TPSA) is 41.6 Å². The van der Waals surface area contributed by atoms with E-state index in [1.807, 2.05) is 16.4 Å². The zero-order valence-corrected chi connectivity index (χ0v) is 8.39. The number of hydrogen-bond donors (Lipinski definition) is 0. The molecule has 0 spiro atoms. The summed E-state index contributed by atoms with van der Waals surface area (Å²) in [5, 5.41) is 13.1. The van der Waals surface area contributed by atoms with Gasteiger partial charge < -0.3 is 0 Å². The summed E-state index contributed by atoms with van der Waals surface area (Å²) in [5.41, 5.74) is 3.08. The fourth-order valence-corrected chi connectivity index (χ4v) is 2.66. The maximum Gasteiger partial charge on any atom is 0.166 e. The van der Waals surface area contributed by atoms with Gasteiger partial charge in [-0.1, -0.05) is 0 Å². The van der Waals surface area contributed by atoms with Crippen molar-refractivity contribution in [3.63, 3.8) is 0 Å². The van der Waals surface area contributed by atoms with Gasteiger partial charge in [0.2, 0.25) is 0 Å². The Morgan fingerprint density at radius 3 is 3.23 bits per heavy atom. The molecule has 0 unspecified atom stereocenters. The van der Waals surface area contributed by atoms with Crippen LogP contribution in [-0.2, 0) is 18.7 Å². The van der Waals surface area contributed by atoms with Gasteiger partial charge >= 0.3 is 0 Å². The lowest BCUT2D eigenvalue weighted by Crippen LogP contribution is -2.07. The Kier molecular flexibility index (Phi) is 2.28. The van der Waals surface area contributed by atoms with E-state index in [1.165, 1.54) is 11.3 Å². The van der Waals surface area contributed by atoms with Crippen LogP contribution < -0.4 is 0 Å². The number of thioether (sulfide) groups is 1. The summed E-state index contributed by atoms with van der Waals surface area (Å²) in [4.78, 5) is 0. The maximum atomic E-state index is 8.87. The molecule has 3 nitrogen and oxygen atoms in total. The van der Waals surface area contributed by atoms with Crippen LogP contribution in [0, 0.1) is 11.3 Å². The number of aromatic nitrogens is 2. The van der Waals surface area contributed by atoms with Gasteiger partial charge in [0.1, 0.15) is 6.07 Å². The lowest BCUT2D eigenvalue weighted by atomic mass is 10.1. The van der Waals surface area contributed by atoms with Crippen molar-refractivity contribution in [2.24, 2.45) is 0 Å². The van der Waals surface area contributed by atoms with Gasteiger partial charge in [0, 0.05) is 17.9 Å². The predicted octanol–water partition coefficient (Wildman–Crippen LogP) is 1.56. The van der Waals surface area contributed by atoms with Crippen molar-refractivity contribution >= 4 is 11.8 Å². The van der Waals surface area contributed by atoms with Crippen LogP contribution in [0.25, 0.3) is 0 Å². The van der Waals surface area contributed by atoms with Crippen molar-refractivity contribution in [3.05, 3.63) is 17.0 Å². The summed E-state index contributed by atoms with van der Waals surface area (Å²) in [7, 11) is 0. The van der Waals surface area contributed by atoms with Gasteiger partial charge in [-0.3, -0.25) is 4.68 Å². The highest BCUT2D eigenvalue weighted by Gasteiger charge is 2.19. The first-order valence-corrected chi connectivity index (χ1v) is 5.58. The zero-order chi connectivity index (χ0) is 9.26. The normalized spacial score (nSPS) is 15.1. The van der Waals surface area contributed by atoms with Gasteiger partial charge in [-0.15, -0.1) is 0 Å². The van der Waals surface area contributed by atoms with E-state index in [9.17, 15) is 0 Å². The monoisotopic (exact) mass is 193 g/mol. The van der Waals surface area contributed by atoms with E-state index in [4.69, 9.17) is 5.26 Å². The molecule has 0 aliphatic carbocycles. The minimum Gasteiger partial charge on any atom is -0.267 e. The number of fused-ring (bicyclic) bond motifs is 1. The molecule has 13 heavy (non-hydrogen) atoms. The average molecular weight is 193 g/mol. The van der Waals surface area contributed by atoms with Crippen LogP contribution in [0.1, 0.15) is 23.9 Å². The summed E-state index contributed by atoms with van der Waals surface area (Å²) in [6.45, 7) is 2.93. The van der Waals surface area contributed by atoms with Crippen LogP contribution in [0.4, 0.5) is 0 Å². The highest BCUT2D eigenvalue weighted by atomic mass is 32.2. The number of nitrogens with zero attached hydrogens (tertiary/aromatic N) is 3. The molecule has 0 amide bonds. The van der Waals surface area contributed by atoms with Crippen molar-refractivity contribution in [2.45, 2.75) is 25.6 Å². The van der Waals surface area contributed by atoms with Crippen molar-refractivity contribution in [2.75, 3.05) is 5.75 Å². The van der Waals surface area contributed by atoms with E-state index < -0.39 is 0 Å². The van der Waals surface area contributed by atoms with E-state index in [0.29, 0.717) is 5.69 Å². The minimum atomic E-state index is 0.636. The Labute approximate surface area is 81.7 Å². The van der Waals surface area contributed by atoms with E-state index in [0.717, 1.165) is 24.5 Å². The molecule has 0 aromatic carbocycles. The Morgan fingerprint density at radius 1 is 1.69 bits per heavy atom. The third-order valence-electron chi connectivity index (χ3n) is 2.31. The molecule has 0 radical (unpaired) electrons. The summed E-state index contributed by atoms with van der Waals surface area (Å²) < 4.78 is 1.96. The van der Waals surface area contributed by atoms with Crippen molar-refractivity contribution in [1.82, 2.24) is 9.78 Å². The number of hydrogen-bond acceptors (Lipinski definition) is 3. The first kappa shape index (κ1) is 8.64.